The van der Waals surface area contributed by atoms with E-state index in [1.54, 1.807) is 17.0 Å². The zero-order valence-corrected chi connectivity index (χ0v) is 12.5. The lowest BCUT2D eigenvalue weighted by Gasteiger charge is -2.23. The minimum absolute atomic E-state index is 0.00393. The molecule has 1 aliphatic heterocycles. The van der Waals surface area contributed by atoms with E-state index in [1.807, 2.05) is 20.8 Å². The van der Waals surface area contributed by atoms with Crippen LogP contribution in [0, 0.1) is 10.1 Å². The van der Waals surface area contributed by atoms with E-state index in [1.165, 1.54) is 6.07 Å². The second kappa shape index (κ2) is 6.22. The molecular formula is C15H20N2O4. The summed E-state index contributed by atoms with van der Waals surface area (Å²) in [6.45, 7) is 6.20. The highest BCUT2D eigenvalue weighted by atomic mass is 16.6. The van der Waals surface area contributed by atoms with Gasteiger partial charge >= 0.3 is 0 Å². The number of nitrogens with zero attached hydrogens (tertiary/aromatic N) is 2. The van der Waals surface area contributed by atoms with Gasteiger partial charge in [-0.2, -0.15) is 0 Å². The molecule has 0 saturated carbocycles. The summed E-state index contributed by atoms with van der Waals surface area (Å²) in [5, 5.41) is 10.8. The Hall–Kier alpha value is -1.95. The highest BCUT2D eigenvalue weighted by molar-refractivity contribution is 5.96. The molecule has 2 rings (SSSR count). The number of benzene rings is 1. The molecule has 0 fully saturated rings. The van der Waals surface area contributed by atoms with Gasteiger partial charge in [0.05, 0.1) is 24.1 Å². The van der Waals surface area contributed by atoms with Crippen molar-refractivity contribution in [1.29, 1.82) is 0 Å². The van der Waals surface area contributed by atoms with E-state index in [-0.39, 0.29) is 23.7 Å². The van der Waals surface area contributed by atoms with Crippen LogP contribution < -0.4 is 4.90 Å². The van der Waals surface area contributed by atoms with E-state index >= 15 is 0 Å². The predicted molar refractivity (Wildman–Crippen MR) is 79.5 cm³/mol. The van der Waals surface area contributed by atoms with Gasteiger partial charge < -0.3 is 9.64 Å². The van der Waals surface area contributed by atoms with Crippen LogP contribution in [0.3, 0.4) is 0 Å². The average molecular weight is 292 g/mol. The number of carbonyl (C=O) groups is 1. The van der Waals surface area contributed by atoms with Crippen molar-refractivity contribution in [2.75, 3.05) is 11.5 Å². The fraction of sp³-hybridized carbons (Fsp3) is 0.533. The largest absolute Gasteiger partial charge is 0.378 e. The third kappa shape index (κ3) is 3.39. The maximum atomic E-state index is 12.3. The van der Waals surface area contributed by atoms with Crippen LogP contribution in [-0.4, -0.2) is 29.6 Å². The van der Waals surface area contributed by atoms with Gasteiger partial charge in [0, 0.05) is 23.9 Å². The summed E-state index contributed by atoms with van der Waals surface area (Å²) in [6, 6.07) is 4.69. The molecule has 6 nitrogen and oxygen atoms in total. The number of hydrogen-bond donors (Lipinski definition) is 0. The van der Waals surface area contributed by atoms with Gasteiger partial charge in [-0.1, -0.05) is 0 Å². The average Bonchev–Trinajstić information content (AvgIpc) is 2.72. The fourth-order valence-electron chi connectivity index (χ4n) is 2.61. The van der Waals surface area contributed by atoms with Crippen molar-refractivity contribution in [3.63, 3.8) is 0 Å². The van der Waals surface area contributed by atoms with Gasteiger partial charge in [0.1, 0.15) is 0 Å². The van der Waals surface area contributed by atoms with Crippen molar-refractivity contribution in [1.82, 2.24) is 0 Å². The van der Waals surface area contributed by atoms with E-state index < -0.39 is 4.92 Å². The van der Waals surface area contributed by atoms with Crippen LogP contribution >= 0.6 is 0 Å². The maximum absolute atomic E-state index is 12.3. The Labute approximate surface area is 123 Å². The van der Waals surface area contributed by atoms with E-state index in [0.717, 1.165) is 11.3 Å². The van der Waals surface area contributed by atoms with Crippen LogP contribution in [0.4, 0.5) is 11.4 Å². The minimum atomic E-state index is -0.411. The number of non-ortho nitro benzene ring substituents is 1. The number of hydrogen-bond acceptors (Lipinski definition) is 4. The molecule has 1 amide bonds. The third-order valence-electron chi connectivity index (χ3n) is 3.53. The summed E-state index contributed by atoms with van der Waals surface area (Å²) < 4.78 is 5.41. The number of amides is 1. The molecule has 0 spiro atoms. The fourth-order valence-corrected chi connectivity index (χ4v) is 2.61. The van der Waals surface area contributed by atoms with E-state index in [0.29, 0.717) is 19.4 Å². The van der Waals surface area contributed by atoms with Crippen LogP contribution in [0.25, 0.3) is 0 Å². The highest BCUT2D eigenvalue weighted by Crippen LogP contribution is 2.35. The summed E-state index contributed by atoms with van der Waals surface area (Å²) >= 11 is 0. The van der Waals surface area contributed by atoms with Crippen LogP contribution in [0.1, 0.15) is 32.8 Å². The van der Waals surface area contributed by atoms with Crippen molar-refractivity contribution in [3.8, 4) is 0 Å². The molecule has 0 bridgehead atoms. The second-order valence-electron chi connectivity index (χ2n) is 5.56. The van der Waals surface area contributed by atoms with E-state index in [9.17, 15) is 14.9 Å². The molecule has 0 saturated heterocycles. The van der Waals surface area contributed by atoms with Gasteiger partial charge in [-0.15, -0.1) is 0 Å². The molecule has 1 atom stereocenters. The molecular weight excluding hydrogens is 272 g/mol. The molecule has 0 N–H and O–H groups in total. The second-order valence-corrected chi connectivity index (χ2v) is 5.56. The van der Waals surface area contributed by atoms with Gasteiger partial charge in [-0.05, 0) is 38.8 Å². The lowest BCUT2D eigenvalue weighted by Crippen LogP contribution is -2.36. The first-order valence-corrected chi connectivity index (χ1v) is 7.11. The monoisotopic (exact) mass is 292 g/mol. The number of rotatable bonds is 5. The molecule has 6 heteroatoms. The standard InChI is InChI=1S/C15H20N2O4/c1-10(2)21-7-6-15(18)16-11(3)8-12-9-13(17(19)20)4-5-14(12)16/h4-5,9-11H,6-8H2,1-3H3/t11-/m1/s1. The number of carbonyl (C=O) groups excluding carboxylic acids is 1. The third-order valence-corrected chi connectivity index (χ3v) is 3.53. The first-order valence-electron chi connectivity index (χ1n) is 7.11. The Balaban J connectivity index is 2.12. The topological polar surface area (TPSA) is 72.7 Å². The van der Waals surface area contributed by atoms with Crippen LogP contribution in [-0.2, 0) is 16.0 Å². The van der Waals surface area contributed by atoms with Gasteiger partial charge in [0.2, 0.25) is 5.91 Å². The zero-order chi connectivity index (χ0) is 15.6. The predicted octanol–water partition coefficient (Wildman–Crippen LogP) is 2.69. The van der Waals surface area contributed by atoms with Crippen molar-refractivity contribution < 1.29 is 14.5 Å². The van der Waals surface area contributed by atoms with Gasteiger partial charge in [0.25, 0.3) is 5.69 Å². The molecule has 1 aromatic carbocycles. The quantitative estimate of drug-likeness (QED) is 0.618. The molecule has 1 aromatic rings. The molecule has 0 aromatic heterocycles. The van der Waals surface area contributed by atoms with Crippen LogP contribution in [0.15, 0.2) is 18.2 Å². The normalized spacial score (nSPS) is 17.1. The summed E-state index contributed by atoms with van der Waals surface area (Å²) in [5.74, 6) is -0.00393. The number of ether oxygens (including phenoxy) is 1. The smallest absolute Gasteiger partial charge is 0.269 e. The van der Waals surface area contributed by atoms with Crippen molar-refractivity contribution in [3.05, 3.63) is 33.9 Å². The summed E-state index contributed by atoms with van der Waals surface area (Å²) in [6.07, 6.45) is 1.07. The lowest BCUT2D eigenvalue weighted by atomic mass is 10.1. The molecule has 0 aliphatic carbocycles. The SMILES string of the molecule is CC(C)OCCC(=O)N1c2ccc([N+](=O)[O-])cc2C[C@H]1C. The van der Waals surface area contributed by atoms with Gasteiger partial charge in [-0.25, -0.2) is 0 Å². The van der Waals surface area contributed by atoms with Crippen LogP contribution in [0.5, 0.6) is 0 Å². The molecule has 1 aliphatic rings. The van der Waals surface area contributed by atoms with Gasteiger partial charge in [-0.3, -0.25) is 14.9 Å². The maximum Gasteiger partial charge on any atom is 0.269 e. The summed E-state index contributed by atoms with van der Waals surface area (Å²) in [5.41, 5.74) is 1.70. The molecule has 1 heterocycles. The lowest BCUT2D eigenvalue weighted by molar-refractivity contribution is -0.384. The highest BCUT2D eigenvalue weighted by Gasteiger charge is 2.31. The van der Waals surface area contributed by atoms with Crippen molar-refractivity contribution in [2.45, 2.75) is 45.8 Å². The zero-order valence-electron chi connectivity index (χ0n) is 12.5. The van der Waals surface area contributed by atoms with Crippen LogP contribution in [0.2, 0.25) is 0 Å². The first kappa shape index (κ1) is 15.4. The number of nitro groups is 1. The Morgan fingerprint density at radius 2 is 2.24 bits per heavy atom. The van der Waals surface area contributed by atoms with E-state index in [2.05, 4.69) is 0 Å². The van der Waals surface area contributed by atoms with E-state index in [4.69, 9.17) is 4.74 Å². The summed E-state index contributed by atoms with van der Waals surface area (Å²) in [7, 11) is 0. The number of fused-ring (bicyclic) bond motifs is 1. The first-order chi connectivity index (χ1) is 9.90. The molecule has 114 valence electrons. The Morgan fingerprint density at radius 3 is 2.86 bits per heavy atom. The molecule has 0 radical (unpaired) electrons. The number of anilines is 1. The molecule has 21 heavy (non-hydrogen) atoms. The summed E-state index contributed by atoms with van der Waals surface area (Å²) in [4.78, 5) is 24.5. The van der Waals surface area contributed by atoms with Crippen molar-refractivity contribution >= 4 is 17.3 Å². The number of nitro benzene ring substituents is 1. The van der Waals surface area contributed by atoms with Crippen molar-refractivity contribution in [2.24, 2.45) is 0 Å². The Kier molecular flexibility index (Phi) is 4.57. The Morgan fingerprint density at radius 1 is 1.52 bits per heavy atom. The minimum Gasteiger partial charge on any atom is -0.378 e. The Bertz CT molecular complexity index is 557. The van der Waals surface area contributed by atoms with Gasteiger partial charge in [0.15, 0.2) is 0 Å². The molecule has 0 unspecified atom stereocenters.